The molecule has 2 N–H and O–H groups in total. The molecule has 0 bridgehead atoms. The molecule has 0 amide bonds. The summed E-state index contributed by atoms with van der Waals surface area (Å²) in [4.78, 5) is 4.17. The maximum atomic E-state index is 9.52. The number of hydrogen-bond donors (Lipinski definition) is 2. The monoisotopic (exact) mass is 253 g/mol. The molecule has 1 aliphatic rings. The van der Waals surface area contributed by atoms with Crippen LogP contribution in [0.1, 0.15) is 37.9 Å². The smallest absolute Gasteiger partial charge is 0.0948 e. The van der Waals surface area contributed by atoms with Crippen LogP contribution in [-0.4, -0.2) is 40.5 Å². The Morgan fingerprint density at radius 3 is 3.22 bits per heavy atom. The van der Waals surface area contributed by atoms with Crippen LogP contribution in [0.5, 0.6) is 0 Å². The number of aryl methyl sites for hydroxylation is 1. The Labute approximate surface area is 108 Å². The van der Waals surface area contributed by atoms with Gasteiger partial charge in [0.2, 0.25) is 0 Å². The number of nitrogens with one attached hydrogen (secondary N) is 1. The van der Waals surface area contributed by atoms with Crippen molar-refractivity contribution >= 4 is 0 Å². The highest BCUT2D eigenvalue weighted by molar-refractivity contribution is 5.05. The molecule has 1 fully saturated rings. The third-order valence-corrected chi connectivity index (χ3v) is 3.36. The number of ether oxygens (including phenoxy) is 1. The van der Waals surface area contributed by atoms with Crippen molar-refractivity contribution in [3.8, 4) is 0 Å². The van der Waals surface area contributed by atoms with Gasteiger partial charge in [-0.2, -0.15) is 0 Å². The summed E-state index contributed by atoms with van der Waals surface area (Å²) in [6.45, 7) is 4.82. The summed E-state index contributed by atoms with van der Waals surface area (Å²) in [5.41, 5.74) is 1.05. The first-order valence-corrected chi connectivity index (χ1v) is 6.81. The van der Waals surface area contributed by atoms with Gasteiger partial charge in [-0.25, -0.2) is 4.98 Å². The first-order chi connectivity index (χ1) is 8.85. The highest BCUT2D eigenvalue weighted by atomic mass is 16.5. The van der Waals surface area contributed by atoms with E-state index < -0.39 is 0 Å². The predicted octanol–water partition coefficient (Wildman–Crippen LogP) is 1.10. The van der Waals surface area contributed by atoms with E-state index in [0.717, 1.165) is 44.7 Å². The van der Waals surface area contributed by atoms with Crippen molar-refractivity contribution in [3.63, 3.8) is 0 Å². The molecule has 5 heteroatoms. The quantitative estimate of drug-likeness (QED) is 0.764. The number of aliphatic hydroxyl groups is 1. The van der Waals surface area contributed by atoms with Gasteiger partial charge in [0.25, 0.3) is 0 Å². The van der Waals surface area contributed by atoms with Gasteiger partial charge in [0.05, 0.1) is 30.8 Å². The summed E-state index contributed by atoms with van der Waals surface area (Å²) >= 11 is 0. The summed E-state index contributed by atoms with van der Waals surface area (Å²) in [6, 6.07) is -0.0525. The Bertz CT molecular complexity index is 348. The molecule has 0 spiro atoms. The zero-order valence-corrected chi connectivity index (χ0v) is 11.0. The van der Waals surface area contributed by atoms with Gasteiger partial charge < -0.3 is 19.7 Å². The summed E-state index contributed by atoms with van der Waals surface area (Å²) in [5, 5.41) is 12.9. The fraction of sp³-hybridized carbons (Fsp3) is 0.769. The number of rotatable bonds is 7. The van der Waals surface area contributed by atoms with Crippen molar-refractivity contribution in [3.05, 3.63) is 18.2 Å². The minimum Gasteiger partial charge on any atom is -0.394 e. The highest BCUT2D eigenvalue weighted by Crippen LogP contribution is 2.15. The van der Waals surface area contributed by atoms with Crippen LogP contribution in [0.25, 0.3) is 0 Å². The molecule has 2 unspecified atom stereocenters. The molecule has 5 nitrogen and oxygen atoms in total. The molecule has 102 valence electrons. The molecular weight excluding hydrogens is 230 g/mol. The fourth-order valence-electron chi connectivity index (χ4n) is 2.39. The summed E-state index contributed by atoms with van der Waals surface area (Å²) < 4.78 is 7.68. The van der Waals surface area contributed by atoms with Gasteiger partial charge in [-0.05, 0) is 19.3 Å². The maximum absolute atomic E-state index is 9.52. The summed E-state index contributed by atoms with van der Waals surface area (Å²) in [6.07, 6.45) is 7.27. The Kier molecular flexibility index (Phi) is 5.16. The standard InChI is InChI=1S/C13H23N3O2/c1-2-5-16-10-14-8-13(16)12(9-17)15-7-11-4-3-6-18-11/h8,10-12,15,17H,2-7,9H2,1H3. The van der Waals surface area contributed by atoms with Gasteiger partial charge in [-0.15, -0.1) is 0 Å². The van der Waals surface area contributed by atoms with Crippen LogP contribution < -0.4 is 5.32 Å². The van der Waals surface area contributed by atoms with Crippen molar-refractivity contribution in [2.45, 2.75) is 44.9 Å². The van der Waals surface area contributed by atoms with Crippen molar-refractivity contribution < 1.29 is 9.84 Å². The van der Waals surface area contributed by atoms with Gasteiger partial charge >= 0.3 is 0 Å². The Hall–Kier alpha value is -0.910. The van der Waals surface area contributed by atoms with Gasteiger partial charge in [0.15, 0.2) is 0 Å². The number of aromatic nitrogens is 2. The van der Waals surface area contributed by atoms with Crippen molar-refractivity contribution in [1.82, 2.24) is 14.9 Å². The van der Waals surface area contributed by atoms with Gasteiger partial charge in [0, 0.05) is 25.9 Å². The second-order valence-electron chi connectivity index (χ2n) is 4.79. The van der Waals surface area contributed by atoms with Crippen LogP contribution in [0.2, 0.25) is 0 Å². The normalized spacial score (nSPS) is 21.3. The highest BCUT2D eigenvalue weighted by Gasteiger charge is 2.19. The summed E-state index contributed by atoms with van der Waals surface area (Å²) in [5.74, 6) is 0. The van der Waals surface area contributed by atoms with Crippen LogP contribution in [0.3, 0.4) is 0 Å². The first-order valence-electron chi connectivity index (χ1n) is 6.81. The molecule has 1 aromatic rings. The lowest BCUT2D eigenvalue weighted by molar-refractivity contribution is 0.103. The second kappa shape index (κ2) is 6.87. The zero-order valence-electron chi connectivity index (χ0n) is 11.0. The molecule has 0 aromatic carbocycles. The number of aliphatic hydroxyl groups excluding tert-OH is 1. The number of imidazole rings is 1. The van der Waals surface area contributed by atoms with Crippen LogP contribution in [-0.2, 0) is 11.3 Å². The molecule has 1 saturated heterocycles. The Morgan fingerprint density at radius 1 is 1.67 bits per heavy atom. The second-order valence-corrected chi connectivity index (χ2v) is 4.79. The largest absolute Gasteiger partial charge is 0.394 e. The number of nitrogens with zero attached hydrogens (tertiary/aromatic N) is 2. The Morgan fingerprint density at radius 2 is 2.56 bits per heavy atom. The van der Waals surface area contributed by atoms with E-state index in [1.165, 1.54) is 0 Å². The van der Waals surface area contributed by atoms with E-state index in [0.29, 0.717) is 6.10 Å². The molecule has 1 aliphatic heterocycles. The van der Waals surface area contributed by atoms with E-state index in [2.05, 4.69) is 21.8 Å². The predicted molar refractivity (Wildman–Crippen MR) is 69.3 cm³/mol. The molecule has 2 rings (SSSR count). The minimum absolute atomic E-state index is 0.0525. The molecule has 0 radical (unpaired) electrons. The van der Waals surface area contributed by atoms with Gasteiger partial charge in [-0.1, -0.05) is 6.92 Å². The molecular formula is C13H23N3O2. The van der Waals surface area contributed by atoms with E-state index in [-0.39, 0.29) is 12.6 Å². The average Bonchev–Trinajstić information content (AvgIpc) is 3.02. The molecule has 0 saturated carbocycles. The first kappa shape index (κ1) is 13.5. The fourth-order valence-corrected chi connectivity index (χ4v) is 2.39. The third-order valence-electron chi connectivity index (χ3n) is 3.36. The molecule has 2 atom stereocenters. The molecule has 0 aliphatic carbocycles. The van der Waals surface area contributed by atoms with Crippen LogP contribution in [0.15, 0.2) is 12.5 Å². The minimum atomic E-state index is -0.0525. The lowest BCUT2D eigenvalue weighted by atomic mass is 10.2. The lowest BCUT2D eigenvalue weighted by Gasteiger charge is -2.20. The zero-order chi connectivity index (χ0) is 12.8. The van der Waals surface area contributed by atoms with Crippen molar-refractivity contribution in [2.75, 3.05) is 19.8 Å². The van der Waals surface area contributed by atoms with Crippen LogP contribution >= 0.6 is 0 Å². The maximum Gasteiger partial charge on any atom is 0.0948 e. The lowest BCUT2D eigenvalue weighted by Crippen LogP contribution is -2.33. The number of hydrogen-bond acceptors (Lipinski definition) is 4. The SMILES string of the molecule is CCCn1cncc1C(CO)NCC1CCCO1. The van der Waals surface area contributed by atoms with E-state index in [1.807, 2.05) is 12.5 Å². The van der Waals surface area contributed by atoms with E-state index in [9.17, 15) is 5.11 Å². The summed E-state index contributed by atoms with van der Waals surface area (Å²) in [7, 11) is 0. The Balaban J connectivity index is 1.91. The molecule has 2 heterocycles. The van der Waals surface area contributed by atoms with E-state index in [4.69, 9.17) is 4.74 Å². The van der Waals surface area contributed by atoms with E-state index in [1.54, 1.807) is 0 Å². The van der Waals surface area contributed by atoms with Gasteiger partial charge in [-0.3, -0.25) is 0 Å². The van der Waals surface area contributed by atoms with Crippen LogP contribution in [0.4, 0.5) is 0 Å². The molecule has 1 aromatic heterocycles. The van der Waals surface area contributed by atoms with E-state index >= 15 is 0 Å². The molecule has 18 heavy (non-hydrogen) atoms. The topological polar surface area (TPSA) is 59.3 Å². The van der Waals surface area contributed by atoms with Crippen LogP contribution in [0, 0.1) is 0 Å². The van der Waals surface area contributed by atoms with Crippen molar-refractivity contribution in [1.29, 1.82) is 0 Å². The third kappa shape index (κ3) is 3.31. The van der Waals surface area contributed by atoms with Gasteiger partial charge in [0.1, 0.15) is 0 Å². The van der Waals surface area contributed by atoms with Crippen molar-refractivity contribution in [2.24, 2.45) is 0 Å². The average molecular weight is 253 g/mol.